The fourth-order valence-corrected chi connectivity index (χ4v) is 2.93. The molecule has 0 unspecified atom stereocenters. The van der Waals surface area contributed by atoms with Crippen molar-refractivity contribution in [3.05, 3.63) is 89.3 Å². The van der Waals surface area contributed by atoms with E-state index in [2.05, 4.69) is 15.5 Å². The predicted octanol–water partition coefficient (Wildman–Crippen LogP) is 4.27. The first-order valence-corrected chi connectivity index (χ1v) is 8.73. The number of nitrogens with one attached hydrogen (secondary N) is 1. The van der Waals surface area contributed by atoms with Crippen molar-refractivity contribution in [2.24, 2.45) is 0 Å². The van der Waals surface area contributed by atoms with Gasteiger partial charge in [-0.05, 0) is 43.3 Å². The highest BCUT2D eigenvalue weighted by molar-refractivity contribution is 6.30. The lowest BCUT2D eigenvalue weighted by atomic mass is 10.3. The van der Waals surface area contributed by atoms with E-state index >= 15 is 0 Å². The number of rotatable bonds is 4. The highest BCUT2D eigenvalue weighted by Gasteiger charge is 2.15. The summed E-state index contributed by atoms with van der Waals surface area (Å²) < 4.78 is 3.31. The Labute approximate surface area is 161 Å². The Bertz CT molecular complexity index is 1100. The SMILES string of the molecule is Cc1cc(NC(=O)c2ccn(-c3ccccc3)n2)n(-c2cccc(Cl)c2)n1. The van der Waals surface area contributed by atoms with Gasteiger partial charge in [-0.25, -0.2) is 9.36 Å². The van der Waals surface area contributed by atoms with Gasteiger partial charge in [-0.1, -0.05) is 35.9 Å². The first-order valence-electron chi connectivity index (χ1n) is 8.35. The molecule has 0 spiro atoms. The number of carbonyl (C=O) groups is 1. The Morgan fingerprint density at radius 1 is 0.963 bits per heavy atom. The van der Waals surface area contributed by atoms with Crippen LogP contribution in [0.3, 0.4) is 0 Å². The number of hydrogen-bond donors (Lipinski definition) is 1. The first-order chi connectivity index (χ1) is 13.1. The van der Waals surface area contributed by atoms with Crippen LogP contribution < -0.4 is 5.32 Å². The van der Waals surface area contributed by atoms with Crippen molar-refractivity contribution in [1.29, 1.82) is 0 Å². The van der Waals surface area contributed by atoms with E-state index in [4.69, 9.17) is 11.6 Å². The number of hydrogen-bond acceptors (Lipinski definition) is 3. The lowest BCUT2D eigenvalue weighted by molar-refractivity contribution is 0.102. The Morgan fingerprint density at radius 2 is 1.74 bits per heavy atom. The maximum Gasteiger partial charge on any atom is 0.277 e. The standard InChI is InChI=1S/C20H16ClN5O/c1-14-12-19(26(23-14)17-9-5-6-15(21)13-17)22-20(27)18-10-11-25(24-18)16-7-3-2-4-8-16/h2-13H,1H3,(H,22,27). The van der Waals surface area contributed by atoms with Crippen molar-refractivity contribution >= 4 is 23.3 Å². The van der Waals surface area contributed by atoms with Gasteiger partial charge < -0.3 is 5.32 Å². The van der Waals surface area contributed by atoms with Crippen LogP contribution in [0.2, 0.25) is 5.02 Å². The minimum Gasteiger partial charge on any atom is -0.305 e. The van der Waals surface area contributed by atoms with Crippen LogP contribution in [-0.4, -0.2) is 25.5 Å². The van der Waals surface area contributed by atoms with Crippen LogP contribution in [-0.2, 0) is 0 Å². The number of aromatic nitrogens is 4. The summed E-state index contributed by atoms with van der Waals surface area (Å²) in [6, 6.07) is 20.4. The largest absolute Gasteiger partial charge is 0.305 e. The van der Waals surface area contributed by atoms with E-state index in [1.54, 1.807) is 39.8 Å². The van der Waals surface area contributed by atoms with Gasteiger partial charge in [0.25, 0.3) is 5.91 Å². The third kappa shape index (κ3) is 3.61. The summed E-state index contributed by atoms with van der Waals surface area (Å²) in [4.78, 5) is 12.7. The molecule has 2 aromatic heterocycles. The number of para-hydroxylation sites is 1. The maximum absolute atomic E-state index is 12.7. The van der Waals surface area contributed by atoms with Gasteiger partial charge in [-0.2, -0.15) is 10.2 Å². The Kier molecular flexibility index (Phi) is 4.48. The van der Waals surface area contributed by atoms with Crippen molar-refractivity contribution in [3.63, 3.8) is 0 Å². The lowest BCUT2D eigenvalue weighted by Crippen LogP contribution is -2.16. The zero-order chi connectivity index (χ0) is 18.8. The summed E-state index contributed by atoms with van der Waals surface area (Å²) >= 11 is 6.08. The number of carbonyl (C=O) groups excluding carboxylic acids is 1. The van der Waals surface area contributed by atoms with Crippen molar-refractivity contribution in [1.82, 2.24) is 19.6 Å². The van der Waals surface area contributed by atoms with Gasteiger partial charge in [0.2, 0.25) is 0 Å². The molecule has 4 rings (SSSR count). The highest BCUT2D eigenvalue weighted by atomic mass is 35.5. The smallest absolute Gasteiger partial charge is 0.277 e. The van der Waals surface area contributed by atoms with Gasteiger partial charge >= 0.3 is 0 Å². The van der Waals surface area contributed by atoms with Crippen molar-refractivity contribution in [3.8, 4) is 11.4 Å². The van der Waals surface area contributed by atoms with Crippen LogP contribution in [0, 0.1) is 6.92 Å². The van der Waals surface area contributed by atoms with Crippen LogP contribution >= 0.6 is 11.6 Å². The lowest BCUT2D eigenvalue weighted by Gasteiger charge is -2.08. The fourth-order valence-electron chi connectivity index (χ4n) is 2.74. The first kappa shape index (κ1) is 17.1. The van der Waals surface area contributed by atoms with E-state index in [-0.39, 0.29) is 5.91 Å². The molecule has 0 saturated carbocycles. The van der Waals surface area contributed by atoms with Crippen LogP contribution in [0.25, 0.3) is 11.4 Å². The van der Waals surface area contributed by atoms with Gasteiger partial charge in [0.1, 0.15) is 5.82 Å². The molecule has 6 nitrogen and oxygen atoms in total. The zero-order valence-corrected chi connectivity index (χ0v) is 15.3. The molecule has 0 fully saturated rings. The summed E-state index contributed by atoms with van der Waals surface area (Å²) in [5.74, 6) is 0.238. The molecule has 0 saturated heterocycles. The molecule has 7 heteroatoms. The molecule has 4 aromatic rings. The highest BCUT2D eigenvalue weighted by Crippen LogP contribution is 2.20. The minimum absolute atomic E-state index is 0.312. The molecule has 0 bridgehead atoms. The molecule has 0 aliphatic carbocycles. The van der Waals surface area contributed by atoms with E-state index in [1.807, 2.05) is 49.4 Å². The summed E-state index contributed by atoms with van der Waals surface area (Å²) in [5, 5.41) is 12.3. The van der Waals surface area contributed by atoms with E-state index in [0.717, 1.165) is 17.1 Å². The summed E-state index contributed by atoms with van der Waals surface area (Å²) in [6.45, 7) is 1.86. The number of halogens is 1. The molecule has 2 aromatic carbocycles. The third-order valence-corrected chi connectivity index (χ3v) is 4.20. The monoisotopic (exact) mass is 377 g/mol. The molecule has 0 aliphatic rings. The van der Waals surface area contributed by atoms with Gasteiger partial charge in [0.15, 0.2) is 5.69 Å². The second-order valence-corrected chi connectivity index (χ2v) is 6.43. The molecule has 0 radical (unpaired) electrons. The Morgan fingerprint density at radius 3 is 2.52 bits per heavy atom. The molecule has 1 amide bonds. The average Bonchev–Trinajstić information content (AvgIpc) is 3.29. The Hall–Kier alpha value is -3.38. The summed E-state index contributed by atoms with van der Waals surface area (Å²) in [7, 11) is 0. The maximum atomic E-state index is 12.7. The molecule has 134 valence electrons. The van der Waals surface area contributed by atoms with Crippen LogP contribution in [0.4, 0.5) is 5.82 Å². The molecular weight excluding hydrogens is 362 g/mol. The van der Waals surface area contributed by atoms with Crippen molar-refractivity contribution in [2.45, 2.75) is 6.92 Å². The van der Waals surface area contributed by atoms with Gasteiger partial charge in [0, 0.05) is 17.3 Å². The zero-order valence-electron chi connectivity index (χ0n) is 14.5. The molecule has 27 heavy (non-hydrogen) atoms. The molecule has 2 heterocycles. The van der Waals surface area contributed by atoms with Gasteiger partial charge in [0.05, 0.1) is 17.1 Å². The second kappa shape index (κ2) is 7.09. The van der Waals surface area contributed by atoms with E-state index < -0.39 is 0 Å². The summed E-state index contributed by atoms with van der Waals surface area (Å²) in [6.07, 6.45) is 1.75. The second-order valence-electron chi connectivity index (χ2n) is 6.00. The number of benzene rings is 2. The number of anilines is 1. The van der Waals surface area contributed by atoms with E-state index in [9.17, 15) is 4.79 Å². The van der Waals surface area contributed by atoms with E-state index in [0.29, 0.717) is 16.5 Å². The topological polar surface area (TPSA) is 64.7 Å². The van der Waals surface area contributed by atoms with E-state index in [1.165, 1.54) is 0 Å². The van der Waals surface area contributed by atoms with Gasteiger partial charge in [-0.3, -0.25) is 4.79 Å². The van der Waals surface area contributed by atoms with Crippen LogP contribution in [0.15, 0.2) is 72.9 Å². The number of aryl methyl sites for hydroxylation is 1. The predicted molar refractivity (Wildman–Crippen MR) is 105 cm³/mol. The molecule has 0 aliphatic heterocycles. The quantitative estimate of drug-likeness (QED) is 0.577. The number of amides is 1. The summed E-state index contributed by atoms with van der Waals surface area (Å²) in [5.41, 5.74) is 2.74. The van der Waals surface area contributed by atoms with Gasteiger partial charge in [-0.15, -0.1) is 0 Å². The number of nitrogens with zero attached hydrogens (tertiary/aromatic N) is 4. The van der Waals surface area contributed by atoms with Crippen LogP contribution in [0.5, 0.6) is 0 Å². The fraction of sp³-hybridized carbons (Fsp3) is 0.0500. The third-order valence-electron chi connectivity index (χ3n) is 3.97. The molecule has 0 atom stereocenters. The Balaban J connectivity index is 1.60. The molecular formula is C20H16ClN5O. The molecule has 1 N–H and O–H groups in total. The van der Waals surface area contributed by atoms with Crippen molar-refractivity contribution < 1.29 is 4.79 Å². The average molecular weight is 378 g/mol. The normalized spacial score (nSPS) is 10.7. The minimum atomic E-state index is -0.312. The van der Waals surface area contributed by atoms with Crippen LogP contribution in [0.1, 0.15) is 16.2 Å². The van der Waals surface area contributed by atoms with Crippen molar-refractivity contribution in [2.75, 3.05) is 5.32 Å².